The number of hydrogen-bond donors (Lipinski definition) is 1. The monoisotopic (exact) mass is 659 g/mol. The molecule has 2 aromatic heterocycles. The minimum Gasteiger partial charge on any atom is -0.497 e. The second-order valence-corrected chi connectivity index (χ2v) is 11.9. The van der Waals surface area contributed by atoms with Crippen molar-refractivity contribution in [1.82, 2.24) is 19.9 Å². The Morgan fingerprint density at radius 3 is 2.08 bits per heavy atom. The van der Waals surface area contributed by atoms with Gasteiger partial charge in [-0.3, -0.25) is 0 Å². The summed E-state index contributed by atoms with van der Waals surface area (Å²) in [7, 11) is 3.32. The van der Waals surface area contributed by atoms with Gasteiger partial charge in [0, 0.05) is 61.9 Å². The fourth-order valence-corrected chi connectivity index (χ4v) is 6.15. The highest BCUT2D eigenvalue weighted by Gasteiger charge is 2.30. The van der Waals surface area contributed by atoms with Gasteiger partial charge in [-0.05, 0) is 60.0 Å². The lowest BCUT2D eigenvalue weighted by molar-refractivity contribution is 0.0697. The first-order valence-corrected chi connectivity index (χ1v) is 16.2. The number of morpholine rings is 1. The summed E-state index contributed by atoms with van der Waals surface area (Å²) >= 11 is 0. The van der Waals surface area contributed by atoms with E-state index in [2.05, 4.69) is 14.7 Å². The summed E-state index contributed by atoms with van der Waals surface area (Å²) in [6.45, 7) is 4.35. The van der Waals surface area contributed by atoms with E-state index in [1.54, 1.807) is 32.4 Å². The highest BCUT2D eigenvalue weighted by molar-refractivity contribution is 5.89. The first-order chi connectivity index (χ1) is 24.0. The SMILES string of the molecule is COc1ccc(CN(Cc2ccc(OC)cc2)c2ncc(-c3nc(N4CCOCC4)nc4c3CCN4c3cccc(C(=O)O)c3)cn2)cc1. The Morgan fingerprint density at radius 2 is 1.49 bits per heavy atom. The first-order valence-electron chi connectivity index (χ1n) is 16.2. The van der Waals surface area contributed by atoms with Crippen LogP contribution in [0.1, 0.15) is 27.0 Å². The van der Waals surface area contributed by atoms with Gasteiger partial charge >= 0.3 is 5.97 Å². The third kappa shape index (κ3) is 6.95. The molecule has 4 heterocycles. The zero-order chi connectivity index (χ0) is 33.7. The Balaban J connectivity index is 1.24. The molecule has 1 N–H and O–H groups in total. The standard InChI is InChI=1S/C37H37N7O5/c1-47-30-10-6-25(7-11-30)23-43(24-26-8-12-31(48-2)13-9-26)36-38-21-28(22-39-36)33-32-14-15-44(29-5-3-4-27(20-29)35(45)46)34(32)41-37(40-33)42-16-18-49-19-17-42/h3-13,20-22H,14-19,23-24H2,1-2H3,(H,45,46). The summed E-state index contributed by atoms with van der Waals surface area (Å²) in [6.07, 6.45) is 4.35. The second kappa shape index (κ2) is 14.2. The van der Waals surface area contributed by atoms with Gasteiger partial charge in [0.15, 0.2) is 0 Å². The molecule has 0 radical (unpaired) electrons. The number of hydrogen-bond acceptors (Lipinski definition) is 11. The lowest BCUT2D eigenvalue weighted by Gasteiger charge is -2.28. The lowest BCUT2D eigenvalue weighted by Crippen LogP contribution is -2.37. The molecule has 2 aliphatic heterocycles. The topological polar surface area (TPSA) is 126 Å². The molecule has 12 nitrogen and oxygen atoms in total. The minimum atomic E-state index is -0.969. The molecule has 5 aromatic rings. The maximum Gasteiger partial charge on any atom is 0.335 e. The molecular weight excluding hydrogens is 622 g/mol. The van der Waals surface area contributed by atoms with Crippen molar-refractivity contribution in [1.29, 1.82) is 0 Å². The molecule has 3 aromatic carbocycles. The maximum absolute atomic E-state index is 11.8. The maximum atomic E-state index is 11.8. The summed E-state index contributed by atoms with van der Waals surface area (Å²) in [6, 6.07) is 22.9. The number of benzene rings is 3. The van der Waals surface area contributed by atoms with Crippen molar-refractivity contribution in [3.05, 3.63) is 107 Å². The van der Waals surface area contributed by atoms with Gasteiger partial charge < -0.3 is 34.0 Å². The number of ether oxygens (including phenoxy) is 3. The molecule has 12 heteroatoms. The summed E-state index contributed by atoms with van der Waals surface area (Å²) in [5.41, 5.74) is 5.72. The molecule has 2 aliphatic rings. The first kappa shape index (κ1) is 31.8. The van der Waals surface area contributed by atoms with Crippen LogP contribution in [-0.2, 0) is 24.2 Å². The Kier molecular flexibility index (Phi) is 9.20. The van der Waals surface area contributed by atoms with Crippen molar-refractivity contribution in [3.63, 3.8) is 0 Å². The summed E-state index contributed by atoms with van der Waals surface area (Å²) < 4.78 is 16.3. The quantitative estimate of drug-likeness (QED) is 0.196. The third-order valence-corrected chi connectivity index (χ3v) is 8.77. The number of nitrogens with zero attached hydrogens (tertiary/aromatic N) is 7. The van der Waals surface area contributed by atoms with Crippen LogP contribution in [0.25, 0.3) is 11.3 Å². The Morgan fingerprint density at radius 1 is 0.857 bits per heavy atom. The molecule has 0 unspecified atom stereocenters. The molecule has 49 heavy (non-hydrogen) atoms. The highest BCUT2D eigenvalue weighted by atomic mass is 16.5. The number of rotatable bonds is 11. The normalized spacial score (nSPS) is 14.0. The predicted octanol–water partition coefficient (Wildman–Crippen LogP) is 5.39. The molecule has 7 rings (SSSR count). The Labute approximate surface area is 284 Å². The average Bonchev–Trinajstić information content (AvgIpc) is 3.59. The van der Waals surface area contributed by atoms with E-state index >= 15 is 0 Å². The number of fused-ring (bicyclic) bond motifs is 1. The van der Waals surface area contributed by atoms with E-state index in [1.165, 1.54) is 0 Å². The van der Waals surface area contributed by atoms with Gasteiger partial charge in [0.25, 0.3) is 0 Å². The predicted molar refractivity (Wildman–Crippen MR) is 186 cm³/mol. The number of carboxylic acid groups (broad SMARTS) is 1. The van der Waals surface area contributed by atoms with Crippen LogP contribution in [0.3, 0.4) is 0 Å². The number of aromatic carboxylic acids is 1. The van der Waals surface area contributed by atoms with Crippen molar-refractivity contribution in [2.24, 2.45) is 0 Å². The van der Waals surface area contributed by atoms with E-state index in [-0.39, 0.29) is 5.56 Å². The highest BCUT2D eigenvalue weighted by Crippen LogP contribution is 2.39. The molecule has 0 atom stereocenters. The smallest absolute Gasteiger partial charge is 0.335 e. The Bertz CT molecular complexity index is 1860. The van der Waals surface area contributed by atoms with Crippen LogP contribution in [0.5, 0.6) is 11.5 Å². The summed E-state index contributed by atoms with van der Waals surface area (Å²) in [4.78, 5) is 38.0. The molecular formula is C37H37N7O5. The van der Waals surface area contributed by atoms with Gasteiger partial charge in [-0.15, -0.1) is 0 Å². The molecule has 1 fully saturated rings. The van der Waals surface area contributed by atoms with Crippen LogP contribution >= 0.6 is 0 Å². The number of methoxy groups -OCH3 is 2. The van der Waals surface area contributed by atoms with E-state index < -0.39 is 5.97 Å². The summed E-state index contributed by atoms with van der Waals surface area (Å²) in [5, 5.41) is 9.63. The number of carbonyl (C=O) groups is 1. The van der Waals surface area contributed by atoms with Crippen molar-refractivity contribution in [3.8, 4) is 22.8 Å². The molecule has 1 saturated heterocycles. The zero-order valence-electron chi connectivity index (χ0n) is 27.5. The summed E-state index contributed by atoms with van der Waals surface area (Å²) in [5.74, 6) is 2.58. The van der Waals surface area contributed by atoms with E-state index in [0.29, 0.717) is 64.3 Å². The largest absolute Gasteiger partial charge is 0.497 e. The zero-order valence-corrected chi connectivity index (χ0v) is 27.5. The minimum absolute atomic E-state index is 0.228. The van der Waals surface area contributed by atoms with Crippen LogP contribution in [0.4, 0.5) is 23.4 Å². The number of carboxylic acids is 1. The molecule has 0 aliphatic carbocycles. The Hall–Kier alpha value is -5.75. The van der Waals surface area contributed by atoms with Crippen molar-refractivity contribution >= 4 is 29.4 Å². The number of aromatic nitrogens is 4. The van der Waals surface area contributed by atoms with Crippen LogP contribution in [0.2, 0.25) is 0 Å². The van der Waals surface area contributed by atoms with Crippen LogP contribution < -0.4 is 24.2 Å². The van der Waals surface area contributed by atoms with Crippen LogP contribution in [-0.4, -0.2) is 78.1 Å². The van der Waals surface area contributed by atoms with Gasteiger partial charge in [-0.1, -0.05) is 30.3 Å². The van der Waals surface area contributed by atoms with Crippen molar-refractivity contribution in [2.45, 2.75) is 19.5 Å². The molecule has 0 saturated carbocycles. The lowest BCUT2D eigenvalue weighted by atomic mass is 10.1. The van der Waals surface area contributed by atoms with Crippen LogP contribution in [0.15, 0.2) is 85.2 Å². The van der Waals surface area contributed by atoms with E-state index in [0.717, 1.165) is 51.0 Å². The van der Waals surface area contributed by atoms with Crippen molar-refractivity contribution < 1.29 is 24.1 Å². The molecule has 0 amide bonds. The molecule has 0 bridgehead atoms. The molecule has 0 spiro atoms. The average molecular weight is 660 g/mol. The van der Waals surface area contributed by atoms with E-state index in [4.69, 9.17) is 34.1 Å². The van der Waals surface area contributed by atoms with Crippen LogP contribution in [0, 0.1) is 0 Å². The van der Waals surface area contributed by atoms with Crippen molar-refractivity contribution in [2.75, 3.05) is 61.8 Å². The van der Waals surface area contributed by atoms with E-state index in [1.807, 2.05) is 67.0 Å². The molecule has 250 valence electrons. The third-order valence-electron chi connectivity index (χ3n) is 8.77. The van der Waals surface area contributed by atoms with Gasteiger partial charge in [0.1, 0.15) is 17.3 Å². The van der Waals surface area contributed by atoms with Gasteiger partial charge in [0.2, 0.25) is 11.9 Å². The van der Waals surface area contributed by atoms with Gasteiger partial charge in [0.05, 0.1) is 38.7 Å². The number of anilines is 4. The van der Waals surface area contributed by atoms with E-state index in [9.17, 15) is 9.90 Å². The fraction of sp³-hybridized carbons (Fsp3) is 0.270. The van der Waals surface area contributed by atoms with Gasteiger partial charge in [-0.2, -0.15) is 4.98 Å². The second-order valence-electron chi connectivity index (χ2n) is 11.9. The van der Waals surface area contributed by atoms with Gasteiger partial charge in [-0.25, -0.2) is 19.7 Å². The fourth-order valence-electron chi connectivity index (χ4n) is 6.15.